The molecule has 0 fully saturated rings. The summed E-state index contributed by atoms with van der Waals surface area (Å²) in [7, 11) is 0. The maximum absolute atomic E-state index is 2.40. The summed E-state index contributed by atoms with van der Waals surface area (Å²) < 4.78 is 0. The topological polar surface area (TPSA) is 3.24 Å². The van der Waals surface area contributed by atoms with Crippen LogP contribution in [0, 0.1) is 0 Å². The number of hydrogen-bond acceptors (Lipinski definition) is 1. The van der Waals surface area contributed by atoms with E-state index in [1.54, 1.807) is 0 Å². The van der Waals surface area contributed by atoms with Gasteiger partial charge in [0.25, 0.3) is 0 Å². The summed E-state index contributed by atoms with van der Waals surface area (Å²) in [5.74, 6) is 0. The van der Waals surface area contributed by atoms with Crippen molar-refractivity contribution in [1.82, 2.24) is 0 Å². The second-order valence-corrected chi connectivity index (χ2v) is 13.8. The van der Waals surface area contributed by atoms with Gasteiger partial charge in [-0.05, 0) is 125 Å². The SMILES string of the molecule is c1ccc(-c2ccc(N(c3ccc(-c4ccc5ccccc5c4)cc3)c3cccc(-c4cc5c6ccccc6ccc5c5ccccc45)c3)cc2)cc1. The number of nitrogens with zero attached hydrogens (tertiary/aromatic N) is 1. The minimum atomic E-state index is 1.11. The lowest BCUT2D eigenvalue weighted by molar-refractivity contribution is 1.28. The van der Waals surface area contributed by atoms with E-state index in [0.717, 1.165) is 17.1 Å². The molecule has 0 amide bonds. The first-order chi connectivity index (χ1) is 26.3. The van der Waals surface area contributed by atoms with Crippen molar-refractivity contribution in [2.24, 2.45) is 0 Å². The Hall–Kier alpha value is -6.96. The van der Waals surface area contributed by atoms with Crippen LogP contribution in [-0.2, 0) is 0 Å². The molecule has 0 N–H and O–H groups in total. The van der Waals surface area contributed by atoms with Crippen LogP contribution in [0.2, 0.25) is 0 Å². The highest BCUT2D eigenvalue weighted by atomic mass is 15.1. The molecular weight excluding hydrogens is 639 g/mol. The molecule has 10 aromatic carbocycles. The highest BCUT2D eigenvalue weighted by Crippen LogP contribution is 2.42. The second kappa shape index (κ2) is 13.0. The Morgan fingerprint density at radius 1 is 0.226 bits per heavy atom. The van der Waals surface area contributed by atoms with Crippen LogP contribution in [0.4, 0.5) is 17.1 Å². The molecule has 0 aromatic heterocycles. The Morgan fingerprint density at radius 3 is 1.51 bits per heavy atom. The number of rotatable bonds is 6. The van der Waals surface area contributed by atoms with Gasteiger partial charge in [-0.1, -0.05) is 164 Å². The van der Waals surface area contributed by atoms with E-state index in [9.17, 15) is 0 Å². The number of benzene rings is 10. The van der Waals surface area contributed by atoms with Crippen molar-refractivity contribution in [3.05, 3.63) is 212 Å². The van der Waals surface area contributed by atoms with Gasteiger partial charge in [0.2, 0.25) is 0 Å². The lowest BCUT2D eigenvalue weighted by Gasteiger charge is -2.26. The van der Waals surface area contributed by atoms with Crippen LogP contribution in [0.3, 0.4) is 0 Å². The van der Waals surface area contributed by atoms with Gasteiger partial charge < -0.3 is 4.90 Å². The average molecular weight is 674 g/mol. The number of hydrogen-bond donors (Lipinski definition) is 0. The second-order valence-electron chi connectivity index (χ2n) is 13.8. The van der Waals surface area contributed by atoms with Gasteiger partial charge in [0.1, 0.15) is 0 Å². The monoisotopic (exact) mass is 673 g/mol. The van der Waals surface area contributed by atoms with Gasteiger partial charge in [-0.3, -0.25) is 0 Å². The van der Waals surface area contributed by atoms with E-state index in [1.165, 1.54) is 76.5 Å². The molecule has 10 aromatic rings. The summed E-state index contributed by atoms with van der Waals surface area (Å²) >= 11 is 0. The van der Waals surface area contributed by atoms with Gasteiger partial charge in [0, 0.05) is 17.1 Å². The quantitative estimate of drug-likeness (QED) is 0.159. The first-order valence-electron chi connectivity index (χ1n) is 18.3. The van der Waals surface area contributed by atoms with E-state index in [-0.39, 0.29) is 0 Å². The Kier molecular flexibility index (Phi) is 7.55. The maximum Gasteiger partial charge on any atom is 0.0467 e. The average Bonchev–Trinajstić information content (AvgIpc) is 3.24. The molecule has 1 nitrogen and oxygen atoms in total. The van der Waals surface area contributed by atoms with E-state index < -0.39 is 0 Å². The summed E-state index contributed by atoms with van der Waals surface area (Å²) in [6, 6.07) is 77.3. The Balaban J connectivity index is 1.12. The molecule has 0 atom stereocenters. The lowest BCUT2D eigenvalue weighted by Crippen LogP contribution is -2.10. The zero-order valence-electron chi connectivity index (χ0n) is 29.2. The zero-order valence-corrected chi connectivity index (χ0v) is 29.2. The fraction of sp³-hybridized carbons (Fsp3) is 0. The molecule has 0 saturated carbocycles. The van der Waals surface area contributed by atoms with Crippen molar-refractivity contribution < 1.29 is 0 Å². The lowest BCUT2D eigenvalue weighted by atomic mass is 9.91. The van der Waals surface area contributed by atoms with Crippen LogP contribution in [0.25, 0.3) is 76.5 Å². The summed E-state index contributed by atoms with van der Waals surface area (Å²) in [5, 5.41) is 10.1. The van der Waals surface area contributed by atoms with Crippen molar-refractivity contribution in [3.63, 3.8) is 0 Å². The normalized spacial score (nSPS) is 11.4. The highest BCUT2D eigenvalue weighted by molar-refractivity contribution is 6.21. The first-order valence-corrected chi connectivity index (χ1v) is 18.3. The van der Waals surface area contributed by atoms with E-state index in [0.29, 0.717) is 0 Å². The standard InChI is InChI=1S/C52H35N/c1-2-11-36(12-3-1)38-23-28-44(29-24-38)53(45-30-25-39(26-31-45)42-22-21-37-13-4-5-15-41(37)33-42)46-17-10-16-43(34-46)51-35-52-47-18-7-6-14-40(47)27-32-50(52)48-19-8-9-20-49(48)51/h1-35H. The van der Waals surface area contributed by atoms with Gasteiger partial charge >= 0.3 is 0 Å². The summed E-state index contributed by atoms with van der Waals surface area (Å²) in [6.45, 7) is 0. The molecule has 0 unspecified atom stereocenters. The molecule has 0 saturated heterocycles. The van der Waals surface area contributed by atoms with Crippen LogP contribution in [0.15, 0.2) is 212 Å². The molecule has 0 spiro atoms. The predicted molar refractivity (Wildman–Crippen MR) is 227 cm³/mol. The number of anilines is 3. The Morgan fingerprint density at radius 2 is 0.755 bits per heavy atom. The van der Waals surface area contributed by atoms with E-state index in [1.807, 2.05) is 0 Å². The maximum atomic E-state index is 2.40. The molecule has 0 heterocycles. The van der Waals surface area contributed by atoms with Crippen LogP contribution >= 0.6 is 0 Å². The molecule has 0 bridgehead atoms. The van der Waals surface area contributed by atoms with Gasteiger partial charge in [-0.15, -0.1) is 0 Å². The van der Waals surface area contributed by atoms with Crippen molar-refractivity contribution in [3.8, 4) is 33.4 Å². The van der Waals surface area contributed by atoms with Crippen molar-refractivity contribution in [2.75, 3.05) is 4.90 Å². The Bertz CT molecular complexity index is 2920. The molecule has 0 aliphatic rings. The number of fused-ring (bicyclic) bond motifs is 6. The van der Waals surface area contributed by atoms with E-state index >= 15 is 0 Å². The van der Waals surface area contributed by atoms with Gasteiger partial charge in [-0.2, -0.15) is 0 Å². The molecule has 53 heavy (non-hydrogen) atoms. The van der Waals surface area contributed by atoms with Crippen molar-refractivity contribution in [2.45, 2.75) is 0 Å². The van der Waals surface area contributed by atoms with E-state index in [2.05, 4.69) is 217 Å². The van der Waals surface area contributed by atoms with Gasteiger partial charge in [0.15, 0.2) is 0 Å². The van der Waals surface area contributed by atoms with Gasteiger partial charge in [-0.25, -0.2) is 0 Å². The fourth-order valence-electron chi connectivity index (χ4n) is 7.96. The third-order valence-corrected chi connectivity index (χ3v) is 10.6. The molecule has 0 radical (unpaired) electrons. The molecule has 0 aliphatic carbocycles. The highest BCUT2D eigenvalue weighted by Gasteiger charge is 2.16. The predicted octanol–water partition coefficient (Wildman–Crippen LogP) is 14.8. The van der Waals surface area contributed by atoms with E-state index in [4.69, 9.17) is 0 Å². The van der Waals surface area contributed by atoms with Crippen LogP contribution in [0.1, 0.15) is 0 Å². The van der Waals surface area contributed by atoms with Crippen molar-refractivity contribution in [1.29, 1.82) is 0 Å². The molecule has 0 aliphatic heterocycles. The molecule has 248 valence electrons. The first kappa shape index (κ1) is 30.8. The third-order valence-electron chi connectivity index (χ3n) is 10.6. The summed E-state index contributed by atoms with van der Waals surface area (Å²) in [6.07, 6.45) is 0. The summed E-state index contributed by atoms with van der Waals surface area (Å²) in [4.78, 5) is 2.38. The van der Waals surface area contributed by atoms with Crippen molar-refractivity contribution >= 4 is 60.2 Å². The minimum absolute atomic E-state index is 1.11. The largest absolute Gasteiger partial charge is 0.310 e. The molecule has 1 heteroatoms. The third kappa shape index (κ3) is 5.60. The Labute approximate surface area is 309 Å². The fourth-order valence-corrected chi connectivity index (χ4v) is 7.96. The van der Waals surface area contributed by atoms with Crippen LogP contribution in [0.5, 0.6) is 0 Å². The smallest absolute Gasteiger partial charge is 0.0467 e. The van der Waals surface area contributed by atoms with Crippen LogP contribution in [-0.4, -0.2) is 0 Å². The summed E-state index contributed by atoms with van der Waals surface area (Å²) in [5.41, 5.74) is 10.6. The molecule has 10 rings (SSSR count). The molecular formula is C52H35N. The van der Waals surface area contributed by atoms with Gasteiger partial charge in [0.05, 0.1) is 0 Å². The zero-order chi connectivity index (χ0) is 35.1. The minimum Gasteiger partial charge on any atom is -0.310 e. The van der Waals surface area contributed by atoms with Crippen LogP contribution < -0.4 is 4.90 Å².